The highest BCUT2D eigenvalue weighted by molar-refractivity contribution is 5.86. The van der Waals surface area contributed by atoms with Crippen molar-refractivity contribution >= 4 is 12.0 Å². The normalized spacial score (nSPS) is 11.3. The molecule has 0 aliphatic heterocycles. The molecule has 0 spiro atoms. The highest BCUT2D eigenvalue weighted by Crippen LogP contribution is 2.21. The summed E-state index contributed by atoms with van der Waals surface area (Å²) in [5.41, 5.74) is 1.38. The van der Waals surface area contributed by atoms with Gasteiger partial charge >= 0.3 is 6.09 Å². The molecule has 0 saturated heterocycles. The van der Waals surface area contributed by atoms with E-state index in [4.69, 9.17) is 4.74 Å². The van der Waals surface area contributed by atoms with Gasteiger partial charge in [-0.25, -0.2) is 14.7 Å². The fraction of sp³-hybridized carbons (Fsp3) is 0.444. The Morgan fingerprint density at radius 2 is 1.96 bits per heavy atom. The lowest BCUT2D eigenvalue weighted by molar-refractivity contribution is 0.0578. The summed E-state index contributed by atoms with van der Waals surface area (Å²) in [6, 6.07) is 9.91. The van der Waals surface area contributed by atoms with Crippen LogP contribution in [0.25, 0.3) is 11.3 Å². The molecule has 1 N–H and O–H groups in total. The smallest absolute Gasteiger partial charge is 0.417 e. The summed E-state index contributed by atoms with van der Waals surface area (Å²) in [7, 11) is 0. The van der Waals surface area contributed by atoms with E-state index >= 15 is 0 Å². The molecule has 5 heteroatoms. The number of nitrogens with one attached hydrogen (secondary N) is 1. The molecule has 124 valence electrons. The van der Waals surface area contributed by atoms with Gasteiger partial charge in [-0.15, -0.1) is 0 Å². The molecule has 0 unspecified atom stereocenters. The topological polar surface area (TPSA) is 58.2 Å². The Balaban J connectivity index is 2.22. The Morgan fingerprint density at radius 1 is 1.26 bits per heavy atom. The predicted molar refractivity (Wildman–Crippen MR) is 92.5 cm³/mol. The average molecular weight is 315 g/mol. The van der Waals surface area contributed by atoms with Crippen LogP contribution in [0.5, 0.6) is 0 Å². The molecular weight excluding hydrogens is 290 g/mol. The molecule has 1 amide bonds. The number of unbranched alkanes of at least 4 members (excludes halogenated alkanes) is 1. The first-order valence-electron chi connectivity index (χ1n) is 8.01. The third kappa shape index (κ3) is 4.84. The number of aromatic amines is 1. The van der Waals surface area contributed by atoms with Gasteiger partial charge in [0.15, 0.2) is 0 Å². The van der Waals surface area contributed by atoms with Crippen LogP contribution in [0.4, 0.5) is 10.7 Å². The summed E-state index contributed by atoms with van der Waals surface area (Å²) in [4.78, 5) is 21.6. The zero-order valence-electron chi connectivity index (χ0n) is 14.3. The van der Waals surface area contributed by atoms with E-state index < -0.39 is 5.60 Å². The van der Waals surface area contributed by atoms with Crippen LogP contribution in [0.3, 0.4) is 0 Å². The van der Waals surface area contributed by atoms with E-state index in [-0.39, 0.29) is 6.09 Å². The zero-order chi connectivity index (χ0) is 16.9. The number of benzene rings is 1. The van der Waals surface area contributed by atoms with Gasteiger partial charge in [0.1, 0.15) is 5.60 Å². The summed E-state index contributed by atoms with van der Waals surface area (Å²) in [5.74, 6) is 0.520. The Bertz CT molecular complexity index is 629. The van der Waals surface area contributed by atoms with Crippen molar-refractivity contribution in [1.82, 2.24) is 9.97 Å². The maximum atomic E-state index is 12.5. The van der Waals surface area contributed by atoms with E-state index in [1.165, 1.54) is 0 Å². The molecule has 1 aromatic carbocycles. The van der Waals surface area contributed by atoms with E-state index in [9.17, 15) is 4.79 Å². The molecule has 0 saturated carbocycles. The van der Waals surface area contributed by atoms with Gasteiger partial charge in [-0.05, 0) is 32.8 Å². The largest absolute Gasteiger partial charge is 0.443 e. The van der Waals surface area contributed by atoms with Crippen molar-refractivity contribution in [3.8, 4) is 11.3 Å². The number of anilines is 1. The number of hydrogen-bond donors (Lipinski definition) is 1. The molecule has 1 aromatic heterocycles. The van der Waals surface area contributed by atoms with Crippen molar-refractivity contribution < 1.29 is 9.53 Å². The average Bonchev–Trinajstić information content (AvgIpc) is 2.96. The van der Waals surface area contributed by atoms with Gasteiger partial charge in [0.05, 0.1) is 11.9 Å². The van der Waals surface area contributed by atoms with Crippen LogP contribution in [0.1, 0.15) is 40.5 Å². The molecule has 2 rings (SSSR count). The second-order valence-corrected chi connectivity index (χ2v) is 6.47. The van der Waals surface area contributed by atoms with Crippen LogP contribution >= 0.6 is 0 Å². The number of carbonyl (C=O) groups excluding carboxylic acids is 1. The van der Waals surface area contributed by atoms with Crippen LogP contribution < -0.4 is 4.90 Å². The summed E-state index contributed by atoms with van der Waals surface area (Å²) in [5, 5.41) is 0. The Hall–Kier alpha value is -2.30. The summed E-state index contributed by atoms with van der Waals surface area (Å²) >= 11 is 0. The third-order valence-corrected chi connectivity index (χ3v) is 3.25. The van der Waals surface area contributed by atoms with Gasteiger partial charge in [-0.1, -0.05) is 43.7 Å². The van der Waals surface area contributed by atoms with Gasteiger partial charge in [0, 0.05) is 6.54 Å². The molecule has 0 atom stereocenters. The molecule has 2 aromatic rings. The lowest BCUT2D eigenvalue weighted by Gasteiger charge is -2.25. The fourth-order valence-corrected chi connectivity index (χ4v) is 2.13. The Kier molecular flexibility index (Phi) is 5.42. The standard InChI is InChI=1S/C18H25N3O2/c1-5-6-12-21(17(22)23-18(2,3)4)16-19-13-15(20-16)14-10-8-7-9-11-14/h7-11,13H,5-6,12H2,1-4H3,(H,19,20). The van der Waals surface area contributed by atoms with Gasteiger partial charge in [-0.3, -0.25) is 0 Å². The van der Waals surface area contributed by atoms with Crippen LogP contribution in [-0.2, 0) is 4.74 Å². The number of H-pyrrole nitrogens is 1. The number of rotatable bonds is 5. The number of amides is 1. The Morgan fingerprint density at radius 3 is 2.57 bits per heavy atom. The maximum Gasteiger partial charge on any atom is 0.417 e. The minimum atomic E-state index is -0.531. The number of carbonyl (C=O) groups is 1. The number of nitrogens with zero attached hydrogens (tertiary/aromatic N) is 2. The number of hydrogen-bond acceptors (Lipinski definition) is 3. The first-order chi connectivity index (χ1) is 10.9. The number of imidazole rings is 1. The van der Waals surface area contributed by atoms with Crippen LogP contribution in [0, 0.1) is 0 Å². The molecule has 0 bridgehead atoms. The molecule has 0 aliphatic carbocycles. The second kappa shape index (κ2) is 7.31. The highest BCUT2D eigenvalue weighted by atomic mass is 16.6. The predicted octanol–water partition coefficient (Wildman–Crippen LogP) is 4.62. The van der Waals surface area contributed by atoms with Crippen molar-refractivity contribution in [3.05, 3.63) is 36.5 Å². The molecule has 23 heavy (non-hydrogen) atoms. The van der Waals surface area contributed by atoms with Gasteiger partial charge in [-0.2, -0.15) is 0 Å². The number of aromatic nitrogens is 2. The summed E-state index contributed by atoms with van der Waals surface area (Å²) in [6.07, 6.45) is 3.25. The fourth-order valence-electron chi connectivity index (χ4n) is 2.13. The third-order valence-electron chi connectivity index (χ3n) is 3.25. The molecule has 0 radical (unpaired) electrons. The van der Waals surface area contributed by atoms with Gasteiger partial charge < -0.3 is 9.72 Å². The molecule has 5 nitrogen and oxygen atoms in total. The van der Waals surface area contributed by atoms with Crippen molar-refractivity contribution in [1.29, 1.82) is 0 Å². The summed E-state index contributed by atoms with van der Waals surface area (Å²) in [6.45, 7) is 8.25. The second-order valence-electron chi connectivity index (χ2n) is 6.47. The highest BCUT2D eigenvalue weighted by Gasteiger charge is 2.25. The van der Waals surface area contributed by atoms with E-state index in [2.05, 4.69) is 16.9 Å². The van der Waals surface area contributed by atoms with Crippen molar-refractivity contribution in [2.75, 3.05) is 11.4 Å². The van der Waals surface area contributed by atoms with Crippen molar-refractivity contribution in [2.24, 2.45) is 0 Å². The molecule has 1 heterocycles. The van der Waals surface area contributed by atoms with Crippen LogP contribution in [-0.4, -0.2) is 28.2 Å². The molecular formula is C18H25N3O2. The summed E-state index contributed by atoms with van der Waals surface area (Å²) < 4.78 is 5.49. The minimum absolute atomic E-state index is 0.375. The van der Waals surface area contributed by atoms with Gasteiger partial charge in [0.25, 0.3) is 0 Å². The molecule has 0 fully saturated rings. The van der Waals surface area contributed by atoms with E-state index in [1.807, 2.05) is 51.1 Å². The first kappa shape index (κ1) is 17.1. The van der Waals surface area contributed by atoms with Crippen LogP contribution in [0.15, 0.2) is 36.5 Å². The SMILES string of the molecule is CCCCN(C(=O)OC(C)(C)C)c1ncc(-c2ccccc2)[nH]1. The van der Waals surface area contributed by atoms with Crippen molar-refractivity contribution in [3.63, 3.8) is 0 Å². The van der Waals surface area contributed by atoms with E-state index in [1.54, 1.807) is 11.1 Å². The lowest BCUT2D eigenvalue weighted by atomic mass is 10.2. The Labute approximate surface area is 137 Å². The quantitative estimate of drug-likeness (QED) is 0.876. The van der Waals surface area contributed by atoms with Crippen molar-refractivity contribution in [2.45, 2.75) is 46.1 Å². The van der Waals surface area contributed by atoms with E-state index in [0.29, 0.717) is 12.5 Å². The number of ether oxygens (including phenoxy) is 1. The maximum absolute atomic E-state index is 12.5. The van der Waals surface area contributed by atoms with Gasteiger partial charge in [0.2, 0.25) is 5.95 Å². The first-order valence-corrected chi connectivity index (χ1v) is 8.01. The monoisotopic (exact) mass is 315 g/mol. The van der Waals surface area contributed by atoms with Crippen LogP contribution in [0.2, 0.25) is 0 Å². The zero-order valence-corrected chi connectivity index (χ0v) is 14.3. The minimum Gasteiger partial charge on any atom is -0.443 e. The lowest BCUT2D eigenvalue weighted by Crippen LogP contribution is -2.38. The van der Waals surface area contributed by atoms with E-state index in [0.717, 1.165) is 24.1 Å². The molecule has 0 aliphatic rings.